The molecule has 1 N–H and O–H groups in total. The highest BCUT2D eigenvalue weighted by molar-refractivity contribution is 7.99. The SMILES string of the molecule is CN(Cc1ccc(Cl)s1)C(=O)CC1CSCCN1.Cl. The summed E-state index contributed by atoms with van der Waals surface area (Å²) in [5.74, 6) is 2.37. The number of carbonyl (C=O) groups is 1. The Morgan fingerprint density at radius 2 is 2.37 bits per heavy atom. The van der Waals surface area contributed by atoms with Gasteiger partial charge >= 0.3 is 0 Å². The maximum atomic E-state index is 12.1. The van der Waals surface area contributed by atoms with Crippen molar-refractivity contribution >= 4 is 53.0 Å². The first-order chi connectivity index (χ1) is 8.65. The summed E-state index contributed by atoms with van der Waals surface area (Å²) in [6.45, 7) is 1.66. The van der Waals surface area contributed by atoms with Gasteiger partial charge in [-0.3, -0.25) is 4.79 Å². The van der Waals surface area contributed by atoms with Gasteiger partial charge in [0.05, 0.1) is 10.9 Å². The summed E-state index contributed by atoms with van der Waals surface area (Å²) in [4.78, 5) is 15.0. The monoisotopic (exact) mass is 340 g/mol. The van der Waals surface area contributed by atoms with Crippen LogP contribution in [0.4, 0.5) is 0 Å². The van der Waals surface area contributed by atoms with Crippen LogP contribution in [0, 0.1) is 0 Å². The molecule has 0 spiro atoms. The summed E-state index contributed by atoms with van der Waals surface area (Å²) in [7, 11) is 1.85. The molecule has 1 aliphatic rings. The van der Waals surface area contributed by atoms with E-state index in [0.29, 0.717) is 19.0 Å². The van der Waals surface area contributed by atoms with E-state index in [-0.39, 0.29) is 18.3 Å². The Hall–Kier alpha value is 0.0600. The van der Waals surface area contributed by atoms with Gasteiger partial charge in [-0.2, -0.15) is 11.8 Å². The molecule has 0 radical (unpaired) electrons. The van der Waals surface area contributed by atoms with Crippen LogP contribution in [0.25, 0.3) is 0 Å². The van der Waals surface area contributed by atoms with Crippen molar-refractivity contribution < 1.29 is 4.79 Å². The van der Waals surface area contributed by atoms with Crippen LogP contribution in [0.15, 0.2) is 12.1 Å². The van der Waals surface area contributed by atoms with Crippen molar-refractivity contribution in [1.82, 2.24) is 10.2 Å². The van der Waals surface area contributed by atoms with Crippen LogP contribution < -0.4 is 5.32 Å². The first-order valence-electron chi connectivity index (χ1n) is 5.94. The quantitative estimate of drug-likeness (QED) is 0.914. The number of hydrogen-bond acceptors (Lipinski definition) is 4. The highest BCUT2D eigenvalue weighted by Gasteiger charge is 2.19. The Labute approximate surface area is 133 Å². The number of thioether (sulfide) groups is 1. The molecule has 108 valence electrons. The molecule has 1 atom stereocenters. The number of amides is 1. The minimum Gasteiger partial charge on any atom is -0.341 e. The molecule has 2 heterocycles. The molecule has 3 nitrogen and oxygen atoms in total. The zero-order chi connectivity index (χ0) is 13.0. The maximum Gasteiger partial charge on any atom is 0.224 e. The second-order valence-electron chi connectivity index (χ2n) is 4.39. The standard InChI is InChI=1S/C12H17ClN2OS2.ClH/c1-15(7-10-2-3-11(13)18-10)12(16)6-9-8-17-5-4-14-9;/h2-3,9,14H,4-8H2,1H3;1H. The third kappa shape index (κ3) is 5.52. The average Bonchev–Trinajstić information content (AvgIpc) is 2.76. The molecule has 0 aliphatic carbocycles. The second kappa shape index (κ2) is 8.37. The molecule has 0 bridgehead atoms. The lowest BCUT2D eigenvalue weighted by Gasteiger charge is -2.25. The third-order valence-corrected chi connectivity index (χ3v) is 5.21. The molecule has 7 heteroatoms. The minimum atomic E-state index is 0. The number of thiophene rings is 1. The van der Waals surface area contributed by atoms with Crippen molar-refractivity contribution in [3.05, 3.63) is 21.3 Å². The Bertz CT molecular complexity index is 408. The molecule has 1 aromatic heterocycles. The lowest BCUT2D eigenvalue weighted by atomic mass is 10.2. The normalized spacial score (nSPS) is 18.7. The fraction of sp³-hybridized carbons (Fsp3) is 0.583. The van der Waals surface area contributed by atoms with Crippen LogP contribution >= 0.6 is 47.1 Å². The van der Waals surface area contributed by atoms with E-state index < -0.39 is 0 Å². The largest absolute Gasteiger partial charge is 0.341 e. The van der Waals surface area contributed by atoms with Crippen molar-refractivity contribution in [3.8, 4) is 0 Å². The van der Waals surface area contributed by atoms with E-state index in [1.165, 1.54) is 11.3 Å². The highest BCUT2D eigenvalue weighted by atomic mass is 35.5. The van der Waals surface area contributed by atoms with Crippen LogP contribution in [0.2, 0.25) is 4.34 Å². The van der Waals surface area contributed by atoms with Gasteiger partial charge < -0.3 is 10.2 Å². The van der Waals surface area contributed by atoms with Gasteiger partial charge in [0.25, 0.3) is 0 Å². The van der Waals surface area contributed by atoms with Crippen LogP contribution in [-0.4, -0.2) is 41.9 Å². The zero-order valence-electron chi connectivity index (χ0n) is 10.7. The molecule has 1 amide bonds. The van der Waals surface area contributed by atoms with Gasteiger partial charge in [-0.05, 0) is 12.1 Å². The molecule has 0 aromatic carbocycles. The third-order valence-electron chi connectivity index (χ3n) is 2.87. The fourth-order valence-electron chi connectivity index (χ4n) is 1.88. The van der Waals surface area contributed by atoms with Gasteiger partial charge in [0.15, 0.2) is 0 Å². The zero-order valence-corrected chi connectivity index (χ0v) is 13.9. The summed E-state index contributed by atoms with van der Waals surface area (Å²) in [5.41, 5.74) is 0. The summed E-state index contributed by atoms with van der Waals surface area (Å²) in [5, 5.41) is 3.39. The minimum absolute atomic E-state index is 0. The number of nitrogens with zero attached hydrogens (tertiary/aromatic N) is 1. The van der Waals surface area contributed by atoms with Crippen LogP contribution in [0.1, 0.15) is 11.3 Å². The van der Waals surface area contributed by atoms with Gasteiger partial charge in [-0.1, -0.05) is 11.6 Å². The Balaban J connectivity index is 0.00000180. The first-order valence-corrected chi connectivity index (χ1v) is 8.29. The molecule has 1 aromatic rings. The van der Waals surface area contributed by atoms with E-state index in [9.17, 15) is 4.79 Å². The molecule has 1 unspecified atom stereocenters. The summed E-state index contributed by atoms with van der Waals surface area (Å²) < 4.78 is 0.774. The first kappa shape index (κ1) is 17.1. The molecule has 2 rings (SSSR count). The molecular formula is C12H18Cl2N2OS2. The number of halogens is 2. The van der Waals surface area contributed by atoms with Crippen LogP contribution in [0.5, 0.6) is 0 Å². The van der Waals surface area contributed by atoms with Crippen molar-refractivity contribution in [2.75, 3.05) is 25.1 Å². The van der Waals surface area contributed by atoms with Crippen molar-refractivity contribution in [2.45, 2.75) is 19.0 Å². The smallest absolute Gasteiger partial charge is 0.224 e. The topological polar surface area (TPSA) is 32.3 Å². The van der Waals surface area contributed by atoms with Gasteiger partial charge in [-0.25, -0.2) is 0 Å². The van der Waals surface area contributed by atoms with E-state index in [1.54, 1.807) is 4.90 Å². The second-order valence-corrected chi connectivity index (χ2v) is 7.34. The summed E-state index contributed by atoms with van der Waals surface area (Å²) in [6.07, 6.45) is 0.586. The molecule has 1 aliphatic heterocycles. The van der Waals surface area contributed by atoms with E-state index in [1.807, 2.05) is 30.9 Å². The van der Waals surface area contributed by atoms with E-state index in [0.717, 1.165) is 27.3 Å². The van der Waals surface area contributed by atoms with E-state index in [4.69, 9.17) is 11.6 Å². The van der Waals surface area contributed by atoms with Gasteiger partial charge in [-0.15, -0.1) is 23.7 Å². The van der Waals surface area contributed by atoms with Crippen molar-refractivity contribution in [1.29, 1.82) is 0 Å². The van der Waals surface area contributed by atoms with Crippen molar-refractivity contribution in [3.63, 3.8) is 0 Å². The molecule has 1 fully saturated rings. The van der Waals surface area contributed by atoms with E-state index >= 15 is 0 Å². The lowest BCUT2D eigenvalue weighted by molar-refractivity contribution is -0.130. The predicted octanol–water partition coefficient (Wildman–Crippen LogP) is 2.88. The van der Waals surface area contributed by atoms with Gasteiger partial charge in [0.1, 0.15) is 0 Å². The van der Waals surface area contributed by atoms with Crippen LogP contribution in [-0.2, 0) is 11.3 Å². The number of nitrogens with one attached hydrogen (secondary N) is 1. The number of rotatable bonds is 4. The van der Waals surface area contributed by atoms with Gasteiger partial charge in [0, 0.05) is 42.4 Å². The highest BCUT2D eigenvalue weighted by Crippen LogP contribution is 2.22. The molecule has 1 saturated heterocycles. The Morgan fingerprint density at radius 3 is 2.95 bits per heavy atom. The maximum absolute atomic E-state index is 12.1. The van der Waals surface area contributed by atoms with Crippen LogP contribution in [0.3, 0.4) is 0 Å². The predicted molar refractivity (Wildman–Crippen MR) is 86.8 cm³/mol. The molecular weight excluding hydrogens is 323 g/mol. The molecule has 19 heavy (non-hydrogen) atoms. The Morgan fingerprint density at radius 1 is 1.58 bits per heavy atom. The van der Waals surface area contributed by atoms with Gasteiger partial charge in [0.2, 0.25) is 5.91 Å². The Kier molecular flexibility index (Phi) is 7.54. The number of carbonyl (C=O) groups excluding carboxylic acids is 1. The number of hydrogen-bond donors (Lipinski definition) is 1. The summed E-state index contributed by atoms with van der Waals surface area (Å²) >= 11 is 9.33. The van der Waals surface area contributed by atoms with Crippen molar-refractivity contribution in [2.24, 2.45) is 0 Å². The van der Waals surface area contributed by atoms with E-state index in [2.05, 4.69) is 5.32 Å². The summed E-state index contributed by atoms with van der Waals surface area (Å²) in [6, 6.07) is 4.18. The molecule has 0 saturated carbocycles. The fourth-order valence-corrected chi connectivity index (χ4v) is 3.97. The average molecular weight is 341 g/mol. The lowest BCUT2D eigenvalue weighted by Crippen LogP contribution is -2.41.